The first kappa shape index (κ1) is 6.01. The van der Waals surface area contributed by atoms with Gasteiger partial charge < -0.3 is 10.0 Å². The van der Waals surface area contributed by atoms with Crippen LogP contribution in [0.4, 0.5) is 0 Å². The molecule has 0 amide bonds. The predicted octanol–water partition coefficient (Wildman–Crippen LogP) is -0.249. The summed E-state index contributed by atoms with van der Waals surface area (Å²) >= 11 is 4.90. The molecule has 0 aliphatic heterocycles. The van der Waals surface area contributed by atoms with Crippen LogP contribution in [0.1, 0.15) is 0 Å². The second kappa shape index (κ2) is 3.21. The van der Waals surface area contributed by atoms with Crippen LogP contribution >= 0.6 is 11.6 Å². The Kier molecular flexibility index (Phi) is 3.22. The molecule has 0 heterocycles. The van der Waals surface area contributed by atoms with E-state index in [1.807, 2.05) is 0 Å². The van der Waals surface area contributed by atoms with E-state index in [2.05, 4.69) is 0 Å². The summed E-state index contributed by atoms with van der Waals surface area (Å²) in [6, 6.07) is 0. The molecular weight excluding hydrogens is 102 g/mol. The Labute approximate surface area is 41.2 Å². The molecule has 0 spiro atoms. The standard InChI is InChI=1S/C2H4BClO2/c4-2-1-3(5)6/h1-2,5-6H. The van der Waals surface area contributed by atoms with Gasteiger partial charge in [0.05, 0.1) is 0 Å². The average Bonchev–Trinajstić information content (AvgIpc) is 1.35. The fourth-order valence-electron chi connectivity index (χ4n) is 0.0651. The van der Waals surface area contributed by atoms with Gasteiger partial charge in [-0.3, -0.25) is 0 Å². The molecule has 2 nitrogen and oxygen atoms in total. The average molecular weight is 106 g/mol. The van der Waals surface area contributed by atoms with Gasteiger partial charge in [-0.05, 0) is 11.5 Å². The highest BCUT2D eigenvalue weighted by atomic mass is 35.5. The zero-order valence-electron chi connectivity index (χ0n) is 3.00. The van der Waals surface area contributed by atoms with Crippen molar-refractivity contribution < 1.29 is 10.0 Å². The fourth-order valence-corrected chi connectivity index (χ4v) is 0.195. The highest BCUT2D eigenvalue weighted by Crippen LogP contribution is 1.76. The number of rotatable bonds is 1. The molecule has 34 valence electrons. The van der Waals surface area contributed by atoms with E-state index in [4.69, 9.17) is 21.6 Å². The molecule has 0 fully saturated rings. The maximum atomic E-state index is 7.94. The molecule has 4 heteroatoms. The lowest BCUT2D eigenvalue weighted by Crippen LogP contribution is -2.04. The summed E-state index contributed by atoms with van der Waals surface area (Å²) in [7, 11) is -1.41. The normalized spacial score (nSPS) is 9.83. The maximum absolute atomic E-state index is 7.94. The third-order valence-corrected chi connectivity index (χ3v) is 0.390. The van der Waals surface area contributed by atoms with Crippen LogP contribution in [0.2, 0.25) is 0 Å². The van der Waals surface area contributed by atoms with Crippen molar-refractivity contribution in [1.29, 1.82) is 0 Å². The largest absolute Gasteiger partial charge is 0.481 e. The fraction of sp³-hybridized carbons (Fsp3) is 0. The lowest BCUT2D eigenvalue weighted by molar-refractivity contribution is 0.424. The van der Waals surface area contributed by atoms with E-state index in [0.717, 1.165) is 11.5 Å². The minimum atomic E-state index is -1.41. The number of hydrogen-bond acceptors (Lipinski definition) is 2. The van der Waals surface area contributed by atoms with Crippen LogP contribution in [-0.4, -0.2) is 17.2 Å². The van der Waals surface area contributed by atoms with Gasteiger partial charge in [-0.1, -0.05) is 11.6 Å². The topological polar surface area (TPSA) is 40.5 Å². The lowest BCUT2D eigenvalue weighted by atomic mass is 9.94. The first-order valence-electron chi connectivity index (χ1n) is 1.40. The molecule has 2 N–H and O–H groups in total. The van der Waals surface area contributed by atoms with Gasteiger partial charge in [-0.2, -0.15) is 0 Å². The Morgan fingerprint density at radius 1 is 1.50 bits per heavy atom. The van der Waals surface area contributed by atoms with Gasteiger partial charge in [-0.25, -0.2) is 0 Å². The van der Waals surface area contributed by atoms with E-state index in [1.54, 1.807) is 0 Å². The second-order valence-electron chi connectivity index (χ2n) is 0.732. The van der Waals surface area contributed by atoms with E-state index in [0.29, 0.717) is 0 Å². The van der Waals surface area contributed by atoms with Crippen LogP contribution in [0.25, 0.3) is 0 Å². The van der Waals surface area contributed by atoms with E-state index in [1.165, 1.54) is 0 Å². The Bertz CT molecular complexity index is 53.5. The summed E-state index contributed by atoms with van der Waals surface area (Å²) < 4.78 is 0. The van der Waals surface area contributed by atoms with E-state index in [9.17, 15) is 0 Å². The third kappa shape index (κ3) is 4.01. The van der Waals surface area contributed by atoms with Crippen molar-refractivity contribution in [2.24, 2.45) is 0 Å². The van der Waals surface area contributed by atoms with Gasteiger partial charge in [0.1, 0.15) is 0 Å². The lowest BCUT2D eigenvalue weighted by Gasteiger charge is -1.77. The molecule has 0 atom stereocenters. The quantitative estimate of drug-likeness (QED) is 0.453. The molecule has 0 saturated carbocycles. The molecule has 0 aromatic carbocycles. The van der Waals surface area contributed by atoms with Gasteiger partial charge in [0.15, 0.2) is 0 Å². The molecule has 0 saturated heterocycles. The zero-order chi connectivity index (χ0) is 4.99. The molecule has 0 radical (unpaired) electrons. The predicted molar refractivity (Wildman–Crippen MR) is 25.2 cm³/mol. The van der Waals surface area contributed by atoms with Crippen LogP contribution in [0.3, 0.4) is 0 Å². The minimum absolute atomic E-state index is 1.04. The summed E-state index contributed by atoms with van der Waals surface area (Å²) in [6.07, 6.45) is 0. The Hall–Kier alpha value is 0.0149. The van der Waals surface area contributed by atoms with Crippen molar-refractivity contribution in [2.75, 3.05) is 0 Å². The van der Waals surface area contributed by atoms with Gasteiger partial charge >= 0.3 is 7.12 Å². The maximum Gasteiger partial charge on any atom is 0.481 e. The third-order valence-electron chi connectivity index (χ3n) is 0.245. The summed E-state index contributed by atoms with van der Waals surface area (Å²) in [5, 5.41) is 15.9. The highest BCUT2D eigenvalue weighted by Gasteiger charge is 1.94. The molecule has 0 bridgehead atoms. The van der Waals surface area contributed by atoms with Crippen molar-refractivity contribution >= 4 is 18.7 Å². The second-order valence-corrected chi connectivity index (χ2v) is 0.984. The van der Waals surface area contributed by atoms with Gasteiger partial charge in [-0.15, -0.1) is 0 Å². The number of hydrogen-bond donors (Lipinski definition) is 2. The van der Waals surface area contributed by atoms with Crippen molar-refractivity contribution in [1.82, 2.24) is 0 Å². The highest BCUT2D eigenvalue weighted by molar-refractivity contribution is 6.49. The van der Waals surface area contributed by atoms with E-state index >= 15 is 0 Å². The summed E-state index contributed by atoms with van der Waals surface area (Å²) in [4.78, 5) is 0. The van der Waals surface area contributed by atoms with Gasteiger partial charge in [0.25, 0.3) is 0 Å². The minimum Gasteiger partial charge on any atom is -0.424 e. The molecule has 0 rings (SSSR count). The Balaban J connectivity index is 3.03. The number of halogens is 1. The molecule has 6 heavy (non-hydrogen) atoms. The SMILES string of the molecule is OB(O)C=CCl. The molecule has 0 aromatic rings. The molecule has 0 unspecified atom stereocenters. The van der Waals surface area contributed by atoms with Crippen LogP contribution in [0.5, 0.6) is 0 Å². The van der Waals surface area contributed by atoms with Crippen molar-refractivity contribution in [2.45, 2.75) is 0 Å². The molecule has 0 aromatic heterocycles. The van der Waals surface area contributed by atoms with Crippen molar-refractivity contribution in [3.63, 3.8) is 0 Å². The van der Waals surface area contributed by atoms with Crippen LogP contribution in [0.15, 0.2) is 11.5 Å². The van der Waals surface area contributed by atoms with E-state index < -0.39 is 7.12 Å². The zero-order valence-corrected chi connectivity index (χ0v) is 3.76. The van der Waals surface area contributed by atoms with Crippen LogP contribution < -0.4 is 0 Å². The molecule has 0 aliphatic carbocycles. The van der Waals surface area contributed by atoms with Crippen LogP contribution in [-0.2, 0) is 0 Å². The molecular formula is C2H4BClO2. The summed E-state index contributed by atoms with van der Waals surface area (Å²) in [5.41, 5.74) is 1.05. The first-order valence-corrected chi connectivity index (χ1v) is 1.84. The molecule has 0 aliphatic rings. The monoisotopic (exact) mass is 106 g/mol. The Morgan fingerprint density at radius 2 is 2.00 bits per heavy atom. The van der Waals surface area contributed by atoms with E-state index in [-0.39, 0.29) is 0 Å². The summed E-state index contributed by atoms with van der Waals surface area (Å²) in [5.74, 6) is 1.04. The smallest absolute Gasteiger partial charge is 0.424 e. The first-order chi connectivity index (χ1) is 2.77. The van der Waals surface area contributed by atoms with Crippen molar-refractivity contribution in [3.8, 4) is 0 Å². The van der Waals surface area contributed by atoms with Gasteiger partial charge in [0.2, 0.25) is 0 Å². The van der Waals surface area contributed by atoms with Crippen molar-refractivity contribution in [3.05, 3.63) is 11.5 Å². The summed E-state index contributed by atoms with van der Waals surface area (Å²) in [6.45, 7) is 0. The Morgan fingerprint density at radius 3 is 2.00 bits per heavy atom. The van der Waals surface area contributed by atoms with Crippen LogP contribution in [0, 0.1) is 0 Å². The van der Waals surface area contributed by atoms with Gasteiger partial charge in [0, 0.05) is 0 Å².